The van der Waals surface area contributed by atoms with Crippen LogP contribution in [0.15, 0.2) is 64.9 Å². The Labute approximate surface area is 144 Å². The van der Waals surface area contributed by atoms with Crippen molar-refractivity contribution in [2.45, 2.75) is 25.7 Å². The van der Waals surface area contributed by atoms with Gasteiger partial charge >= 0.3 is 0 Å². The number of hydrogen-bond donors (Lipinski definition) is 0. The molecule has 0 spiro atoms. The average molecular weight is 334 g/mol. The molecule has 2 atom stereocenters. The quantitative estimate of drug-likeness (QED) is 0.740. The Morgan fingerprint density at radius 2 is 1.75 bits per heavy atom. The van der Waals surface area contributed by atoms with E-state index in [-0.39, 0.29) is 17.8 Å². The maximum absolute atomic E-state index is 13.2. The standard InChI is InChI=1S/C21H22O2Si/c1-23-17-11-7-10-14-16(17)12-18(24(2,3)4)20-19(14)13-8-5-6-9-15(13)21(20)22/h5-12,16-17H,1-4H3. The highest BCUT2D eigenvalue weighted by molar-refractivity contribution is 6.85. The van der Waals surface area contributed by atoms with Crippen molar-refractivity contribution >= 4 is 19.4 Å². The Morgan fingerprint density at radius 1 is 1.04 bits per heavy atom. The van der Waals surface area contributed by atoms with Crippen molar-refractivity contribution in [1.82, 2.24) is 0 Å². The summed E-state index contributed by atoms with van der Waals surface area (Å²) in [6.07, 6.45) is 8.68. The number of Topliss-reactive ketones (excluding diaryl/α,β-unsaturated/α-hetero) is 1. The number of methoxy groups -OCH3 is 1. The molecule has 1 aromatic carbocycles. The molecule has 24 heavy (non-hydrogen) atoms. The number of ketones is 1. The zero-order valence-corrected chi connectivity index (χ0v) is 15.6. The van der Waals surface area contributed by atoms with E-state index in [1.165, 1.54) is 10.8 Å². The molecule has 2 unspecified atom stereocenters. The van der Waals surface area contributed by atoms with Crippen molar-refractivity contribution in [3.63, 3.8) is 0 Å². The Morgan fingerprint density at radius 3 is 2.42 bits per heavy atom. The van der Waals surface area contributed by atoms with Crippen molar-refractivity contribution in [3.05, 3.63) is 76.0 Å². The normalized spacial score (nSPS) is 25.1. The topological polar surface area (TPSA) is 26.3 Å². The summed E-state index contributed by atoms with van der Waals surface area (Å²) in [6.45, 7) is 6.94. The molecule has 122 valence electrons. The largest absolute Gasteiger partial charge is 0.376 e. The maximum Gasteiger partial charge on any atom is 0.194 e. The minimum atomic E-state index is -1.67. The Bertz CT molecular complexity index is 862. The van der Waals surface area contributed by atoms with Gasteiger partial charge in [0.25, 0.3) is 0 Å². The van der Waals surface area contributed by atoms with Crippen LogP contribution in [0.25, 0.3) is 5.57 Å². The van der Waals surface area contributed by atoms with E-state index in [1.54, 1.807) is 7.11 Å². The molecule has 3 heteroatoms. The van der Waals surface area contributed by atoms with Crippen molar-refractivity contribution < 1.29 is 9.53 Å². The van der Waals surface area contributed by atoms with Gasteiger partial charge < -0.3 is 4.74 Å². The van der Waals surface area contributed by atoms with E-state index < -0.39 is 8.07 Å². The van der Waals surface area contributed by atoms with Crippen LogP contribution < -0.4 is 0 Å². The van der Waals surface area contributed by atoms with E-state index in [1.807, 2.05) is 18.2 Å². The van der Waals surface area contributed by atoms with E-state index in [4.69, 9.17) is 4.74 Å². The third-order valence-electron chi connectivity index (χ3n) is 5.19. The Hall–Kier alpha value is -1.97. The van der Waals surface area contributed by atoms with Gasteiger partial charge in [0, 0.05) is 24.2 Å². The lowest BCUT2D eigenvalue weighted by Crippen LogP contribution is -2.33. The van der Waals surface area contributed by atoms with Crippen LogP contribution in [-0.4, -0.2) is 27.1 Å². The van der Waals surface area contributed by atoms with Gasteiger partial charge in [0.1, 0.15) is 0 Å². The fourth-order valence-electron chi connectivity index (χ4n) is 4.06. The molecule has 4 rings (SSSR count). The smallest absolute Gasteiger partial charge is 0.194 e. The van der Waals surface area contributed by atoms with Crippen LogP contribution in [0.5, 0.6) is 0 Å². The van der Waals surface area contributed by atoms with Gasteiger partial charge in [0.15, 0.2) is 5.78 Å². The molecule has 3 aliphatic rings. The van der Waals surface area contributed by atoms with E-state index in [9.17, 15) is 4.79 Å². The highest BCUT2D eigenvalue weighted by atomic mass is 28.3. The van der Waals surface area contributed by atoms with Gasteiger partial charge in [-0.2, -0.15) is 0 Å². The van der Waals surface area contributed by atoms with Crippen molar-refractivity contribution in [2.24, 2.45) is 5.92 Å². The first kappa shape index (κ1) is 15.5. The second kappa shape index (κ2) is 5.26. The summed E-state index contributed by atoms with van der Waals surface area (Å²) in [4.78, 5) is 13.2. The number of benzene rings is 1. The third-order valence-corrected chi connectivity index (χ3v) is 7.22. The molecule has 0 bridgehead atoms. The number of fused-ring (bicyclic) bond motifs is 4. The molecule has 0 aromatic heterocycles. The second-order valence-electron chi connectivity index (χ2n) is 7.69. The highest BCUT2D eigenvalue weighted by Crippen LogP contribution is 2.50. The van der Waals surface area contributed by atoms with Crippen molar-refractivity contribution in [3.8, 4) is 0 Å². The number of rotatable bonds is 2. The number of allylic oxidation sites excluding steroid dienone is 5. The highest BCUT2D eigenvalue weighted by Gasteiger charge is 2.43. The zero-order chi connectivity index (χ0) is 17.1. The van der Waals surface area contributed by atoms with Gasteiger partial charge in [-0.05, 0) is 16.7 Å². The number of carbonyl (C=O) groups is 1. The Kier molecular flexibility index (Phi) is 3.41. The first-order chi connectivity index (χ1) is 11.4. The van der Waals surface area contributed by atoms with Crippen LogP contribution in [0, 0.1) is 5.92 Å². The lowest BCUT2D eigenvalue weighted by molar-refractivity contribution is 0.103. The fraction of sp³-hybridized carbons (Fsp3) is 0.286. The Balaban J connectivity index is 2.01. The van der Waals surface area contributed by atoms with Crippen LogP contribution in [0.1, 0.15) is 15.9 Å². The van der Waals surface area contributed by atoms with E-state index >= 15 is 0 Å². The first-order valence-electron chi connectivity index (χ1n) is 8.46. The lowest BCUT2D eigenvalue weighted by atomic mass is 9.78. The molecule has 0 amide bonds. The van der Waals surface area contributed by atoms with Crippen LogP contribution in [0.2, 0.25) is 19.6 Å². The maximum atomic E-state index is 13.2. The van der Waals surface area contributed by atoms with Gasteiger partial charge in [-0.1, -0.05) is 73.4 Å². The third kappa shape index (κ3) is 2.08. The van der Waals surface area contributed by atoms with Gasteiger partial charge in [-0.3, -0.25) is 4.79 Å². The van der Waals surface area contributed by atoms with Crippen LogP contribution in [-0.2, 0) is 4.74 Å². The molecule has 0 heterocycles. The molecule has 2 nitrogen and oxygen atoms in total. The van der Waals surface area contributed by atoms with E-state index in [0.717, 1.165) is 22.3 Å². The number of ether oxygens (including phenoxy) is 1. The van der Waals surface area contributed by atoms with Crippen molar-refractivity contribution in [1.29, 1.82) is 0 Å². The summed E-state index contributed by atoms with van der Waals surface area (Å²) < 4.78 is 5.72. The lowest BCUT2D eigenvalue weighted by Gasteiger charge is -2.35. The monoisotopic (exact) mass is 334 g/mol. The first-order valence-corrected chi connectivity index (χ1v) is 12.0. The summed E-state index contributed by atoms with van der Waals surface area (Å²) in [5.74, 6) is 0.386. The zero-order valence-electron chi connectivity index (χ0n) is 14.6. The molecule has 1 aromatic rings. The van der Waals surface area contributed by atoms with Gasteiger partial charge in [0.05, 0.1) is 14.2 Å². The molecule has 0 aliphatic heterocycles. The molecule has 0 saturated carbocycles. The van der Waals surface area contributed by atoms with Crippen LogP contribution in [0.3, 0.4) is 0 Å². The molecule has 0 fully saturated rings. The summed E-state index contributed by atoms with van der Waals surface area (Å²) in [5, 5.41) is 1.28. The summed E-state index contributed by atoms with van der Waals surface area (Å²) in [6, 6.07) is 8.02. The number of hydrogen-bond acceptors (Lipinski definition) is 2. The van der Waals surface area contributed by atoms with Gasteiger partial charge in [-0.25, -0.2) is 0 Å². The fourth-order valence-corrected chi connectivity index (χ4v) is 5.73. The molecule has 3 aliphatic carbocycles. The predicted molar refractivity (Wildman–Crippen MR) is 101 cm³/mol. The molecule has 0 radical (unpaired) electrons. The molecule has 0 N–H and O–H groups in total. The summed E-state index contributed by atoms with van der Waals surface area (Å²) in [5.41, 5.74) is 5.24. The molecular formula is C21H22O2Si. The minimum Gasteiger partial charge on any atom is -0.376 e. The summed E-state index contributed by atoms with van der Waals surface area (Å²) >= 11 is 0. The second-order valence-corrected chi connectivity index (χ2v) is 12.7. The summed E-state index contributed by atoms with van der Waals surface area (Å²) in [7, 11) is 0.0952. The van der Waals surface area contributed by atoms with Gasteiger partial charge in [0.2, 0.25) is 0 Å². The minimum absolute atomic E-state index is 0.0354. The molecular weight excluding hydrogens is 312 g/mol. The van der Waals surface area contributed by atoms with Crippen LogP contribution in [0.4, 0.5) is 0 Å². The van der Waals surface area contributed by atoms with E-state index in [0.29, 0.717) is 0 Å². The number of carbonyl (C=O) groups excluding carboxylic acids is 1. The van der Waals surface area contributed by atoms with Crippen molar-refractivity contribution in [2.75, 3.05) is 7.11 Å². The average Bonchev–Trinajstić information content (AvgIpc) is 2.87. The van der Waals surface area contributed by atoms with E-state index in [2.05, 4.69) is 50.0 Å². The molecule has 0 saturated heterocycles. The van der Waals surface area contributed by atoms with Gasteiger partial charge in [-0.15, -0.1) is 0 Å². The predicted octanol–water partition coefficient (Wildman–Crippen LogP) is 4.58. The van der Waals surface area contributed by atoms with Crippen LogP contribution >= 0.6 is 0 Å². The SMILES string of the molecule is COC1C=CC=C2C3=C(C(=O)c4ccccc43)C([Si](C)(C)C)=CC21.